The highest BCUT2D eigenvalue weighted by Crippen LogP contribution is 2.30. The number of likely N-dealkylation sites (tertiary alicyclic amines) is 1. The molecule has 0 saturated carbocycles. The van der Waals surface area contributed by atoms with E-state index in [4.69, 9.17) is 9.47 Å². The number of rotatable bonds is 6. The first kappa shape index (κ1) is 24.6. The van der Waals surface area contributed by atoms with Crippen LogP contribution in [0.2, 0.25) is 0 Å². The fourth-order valence-corrected chi connectivity index (χ4v) is 4.06. The second-order valence-corrected chi connectivity index (χ2v) is 7.89. The lowest BCUT2D eigenvalue weighted by Gasteiger charge is -2.34. The predicted octanol–water partition coefficient (Wildman–Crippen LogP) is 3.91. The van der Waals surface area contributed by atoms with Crippen LogP contribution in [0.1, 0.15) is 43.3 Å². The number of alkyl halides is 3. The van der Waals surface area contributed by atoms with Gasteiger partial charge in [0.15, 0.2) is 11.7 Å². The van der Waals surface area contributed by atoms with Crippen molar-refractivity contribution in [2.75, 3.05) is 32.8 Å². The molecule has 0 bridgehead atoms. The number of piperidine rings is 1. The summed E-state index contributed by atoms with van der Waals surface area (Å²) in [6.45, 7) is 5.89. The van der Waals surface area contributed by atoms with E-state index in [0.717, 1.165) is 62.1 Å². The number of halogens is 4. The molecular formula is C18H28F3IN4O2S. The summed E-state index contributed by atoms with van der Waals surface area (Å²) < 4.78 is 49.6. The molecule has 2 fully saturated rings. The second-order valence-electron chi connectivity index (χ2n) is 6.95. The van der Waals surface area contributed by atoms with Crippen LogP contribution in [0.4, 0.5) is 13.2 Å². The number of hydrogen-bond donors (Lipinski definition) is 1. The van der Waals surface area contributed by atoms with Crippen LogP contribution in [0.15, 0.2) is 10.4 Å². The van der Waals surface area contributed by atoms with Crippen LogP contribution in [0, 0.1) is 0 Å². The van der Waals surface area contributed by atoms with Crippen LogP contribution in [-0.2, 0) is 22.2 Å². The van der Waals surface area contributed by atoms with Crippen LogP contribution in [0.25, 0.3) is 0 Å². The minimum atomic E-state index is -4.41. The van der Waals surface area contributed by atoms with E-state index in [9.17, 15) is 13.2 Å². The van der Waals surface area contributed by atoms with Crippen LogP contribution in [0.5, 0.6) is 0 Å². The number of ether oxygens (including phenoxy) is 2. The maximum absolute atomic E-state index is 12.7. The van der Waals surface area contributed by atoms with Gasteiger partial charge in [-0.1, -0.05) is 0 Å². The normalized spacial score (nSPS) is 21.3. The molecule has 0 radical (unpaired) electrons. The average Bonchev–Trinajstić information content (AvgIpc) is 3.35. The average molecular weight is 548 g/mol. The summed E-state index contributed by atoms with van der Waals surface area (Å²) in [6, 6.07) is 0. The minimum absolute atomic E-state index is 0. The van der Waals surface area contributed by atoms with Crippen LogP contribution in [-0.4, -0.2) is 60.9 Å². The summed E-state index contributed by atoms with van der Waals surface area (Å²) in [5.74, 6) is 0.712. The molecule has 11 heteroatoms. The topological polar surface area (TPSA) is 59.0 Å². The maximum atomic E-state index is 12.7. The molecular weight excluding hydrogens is 520 g/mol. The van der Waals surface area contributed by atoms with Gasteiger partial charge in [-0.2, -0.15) is 13.2 Å². The first-order valence-electron chi connectivity index (χ1n) is 9.73. The van der Waals surface area contributed by atoms with Gasteiger partial charge < -0.3 is 19.7 Å². The Bertz CT molecular complexity index is 645. The number of thiazole rings is 1. The van der Waals surface area contributed by atoms with Gasteiger partial charge in [-0.15, -0.1) is 35.3 Å². The van der Waals surface area contributed by atoms with E-state index >= 15 is 0 Å². The lowest BCUT2D eigenvalue weighted by atomic mass is 10.1. The van der Waals surface area contributed by atoms with Gasteiger partial charge in [0.1, 0.15) is 5.01 Å². The Labute approximate surface area is 190 Å². The Hall–Kier alpha value is -0.660. The first-order valence-corrected chi connectivity index (χ1v) is 10.6. The molecule has 1 unspecified atom stereocenters. The van der Waals surface area contributed by atoms with Crippen LogP contribution in [0.3, 0.4) is 0 Å². The van der Waals surface area contributed by atoms with Gasteiger partial charge in [0.05, 0.1) is 25.4 Å². The van der Waals surface area contributed by atoms with Crippen molar-refractivity contribution in [1.29, 1.82) is 0 Å². The molecule has 0 amide bonds. The van der Waals surface area contributed by atoms with Crippen molar-refractivity contribution in [3.63, 3.8) is 0 Å². The van der Waals surface area contributed by atoms with Crippen molar-refractivity contribution in [3.8, 4) is 0 Å². The third-order valence-corrected chi connectivity index (χ3v) is 5.66. The molecule has 0 aliphatic carbocycles. The Morgan fingerprint density at radius 3 is 2.72 bits per heavy atom. The molecule has 2 saturated heterocycles. The Morgan fingerprint density at radius 2 is 2.14 bits per heavy atom. The lowest BCUT2D eigenvalue weighted by Crippen LogP contribution is -2.47. The second kappa shape index (κ2) is 11.7. The molecule has 1 aromatic heterocycles. The third kappa shape index (κ3) is 7.51. The molecule has 6 nitrogen and oxygen atoms in total. The Balaban J connectivity index is 0.00000300. The molecule has 3 heterocycles. The molecule has 1 N–H and O–H groups in total. The summed E-state index contributed by atoms with van der Waals surface area (Å²) in [7, 11) is 0. The lowest BCUT2D eigenvalue weighted by molar-refractivity contribution is -0.140. The zero-order chi connectivity index (χ0) is 20.0. The SMILES string of the molecule is CCNC(=NCc1nc(C(F)(F)F)cs1)N1CCC(OCC2CCCO2)CC1.I. The monoisotopic (exact) mass is 548 g/mol. The molecule has 0 aromatic carbocycles. The van der Waals surface area contributed by atoms with Gasteiger partial charge in [-0.25, -0.2) is 9.98 Å². The summed E-state index contributed by atoms with van der Waals surface area (Å²) in [5.41, 5.74) is -0.850. The molecule has 29 heavy (non-hydrogen) atoms. The van der Waals surface area contributed by atoms with Crippen LogP contribution >= 0.6 is 35.3 Å². The Morgan fingerprint density at radius 1 is 1.38 bits per heavy atom. The van der Waals surface area contributed by atoms with Crippen molar-refractivity contribution in [2.24, 2.45) is 4.99 Å². The highest BCUT2D eigenvalue weighted by atomic mass is 127. The fourth-order valence-electron chi connectivity index (χ4n) is 3.34. The van der Waals surface area contributed by atoms with Gasteiger partial charge in [-0.3, -0.25) is 0 Å². The van der Waals surface area contributed by atoms with E-state index < -0.39 is 11.9 Å². The third-order valence-electron chi connectivity index (χ3n) is 4.82. The zero-order valence-electron chi connectivity index (χ0n) is 16.4. The molecule has 1 aromatic rings. The molecule has 3 rings (SSSR count). The fraction of sp³-hybridized carbons (Fsp3) is 0.778. The predicted molar refractivity (Wildman–Crippen MR) is 117 cm³/mol. The van der Waals surface area contributed by atoms with Crippen molar-refractivity contribution in [1.82, 2.24) is 15.2 Å². The van der Waals surface area contributed by atoms with E-state index in [2.05, 4.69) is 20.2 Å². The van der Waals surface area contributed by atoms with Crippen molar-refractivity contribution in [2.45, 2.75) is 57.5 Å². The van der Waals surface area contributed by atoms with Gasteiger partial charge in [0, 0.05) is 31.6 Å². The highest BCUT2D eigenvalue weighted by molar-refractivity contribution is 14.0. The first-order chi connectivity index (χ1) is 13.5. The van der Waals surface area contributed by atoms with Gasteiger partial charge in [0.25, 0.3) is 0 Å². The summed E-state index contributed by atoms with van der Waals surface area (Å²) in [4.78, 5) is 10.3. The van der Waals surface area contributed by atoms with Gasteiger partial charge in [-0.05, 0) is 32.6 Å². The molecule has 2 aliphatic rings. The minimum Gasteiger partial charge on any atom is -0.376 e. The summed E-state index contributed by atoms with van der Waals surface area (Å²) in [5, 5.41) is 4.62. The van der Waals surface area contributed by atoms with Crippen molar-refractivity contribution < 1.29 is 22.6 Å². The molecule has 166 valence electrons. The number of nitrogens with one attached hydrogen (secondary N) is 1. The standard InChI is InChI=1S/C18H27F3N4O2S.HI/c1-2-22-17(23-10-16-24-15(12-28-16)18(19,20)21)25-7-5-13(6-8-25)27-11-14-4-3-9-26-14;/h12-14H,2-11H2,1H3,(H,22,23);1H. The zero-order valence-corrected chi connectivity index (χ0v) is 19.6. The van der Waals surface area contributed by atoms with Crippen LogP contribution < -0.4 is 5.32 Å². The van der Waals surface area contributed by atoms with E-state index in [1.165, 1.54) is 0 Å². The van der Waals surface area contributed by atoms with E-state index in [0.29, 0.717) is 24.1 Å². The Kier molecular flexibility index (Phi) is 9.89. The van der Waals surface area contributed by atoms with E-state index in [-0.39, 0.29) is 42.7 Å². The van der Waals surface area contributed by atoms with Crippen molar-refractivity contribution in [3.05, 3.63) is 16.1 Å². The quantitative estimate of drug-likeness (QED) is 0.332. The number of hydrogen-bond acceptors (Lipinski definition) is 5. The summed E-state index contributed by atoms with van der Waals surface area (Å²) in [6.07, 6.45) is 0.0168. The molecule has 0 spiro atoms. The van der Waals surface area contributed by atoms with E-state index in [1.54, 1.807) is 0 Å². The highest BCUT2D eigenvalue weighted by Gasteiger charge is 2.33. The molecule has 2 aliphatic heterocycles. The number of nitrogens with zero attached hydrogens (tertiary/aromatic N) is 3. The smallest absolute Gasteiger partial charge is 0.376 e. The van der Waals surface area contributed by atoms with Gasteiger partial charge >= 0.3 is 6.18 Å². The molecule has 1 atom stereocenters. The number of guanidine groups is 1. The van der Waals surface area contributed by atoms with E-state index in [1.807, 2.05) is 6.92 Å². The van der Waals surface area contributed by atoms with Gasteiger partial charge in [0.2, 0.25) is 0 Å². The number of aliphatic imine (C=N–C) groups is 1. The largest absolute Gasteiger partial charge is 0.434 e. The maximum Gasteiger partial charge on any atom is 0.434 e. The number of aromatic nitrogens is 1. The summed E-state index contributed by atoms with van der Waals surface area (Å²) >= 11 is 0.986. The van der Waals surface area contributed by atoms with Crippen molar-refractivity contribution >= 4 is 41.3 Å².